The van der Waals surface area contributed by atoms with E-state index in [0.29, 0.717) is 21.3 Å². The highest BCUT2D eigenvalue weighted by Crippen LogP contribution is 2.46. The number of rotatable bonds is 11. The molecule has 0 bridgehead atoms. The lowest BCUT2D eigenvalue weighted by Crippen LogP contribution is -2.54. The Bertz CT molecular complexity index is 2300. The summed E-state index contributed by atoms with van der Waals surface area (Å²) >= 11 is 0. The van der Waals surface area contributed by atoms with Crippen LogP contribution in [0.1, 0.15) is 49.4 Å². The minimum absolute atomic E-state index is 0.171. The molecule has 4 aromatic carbocycles. The number of hydrogen-bond donors (Lipinski definition) is 0. The van der Waals surface area contributed by atoms with Crippen molar-refractivity contribution >= 4 is 15.9 Å². The molecule has 6 rings (SSSR count). The summed E-state index contributed by atoms with van der Waals surface area (Å²) < 4.78 is 49.2. The molecule has 0 radical (unpaired) electrons. The Balaban J connectivity index is 1.56. The first-order valence-corrected chi connectivity index (χ1v) is 18.8. The van der Waals surface area contributed by atoms with Crippen LogP contribution in [0.25, 0.3) is 0 Å². The van der Waals surface area contributed by atoms with Crippen LogP contribution in [-0.4, -0.2) is 53.1 Å². The molecule has 1 aliphatic heterocycles. The summed E-state index contributed by atoms with van der Waals surface area (Å²) in [6.07, 6.45) is -4.43. The second-order valence-electron chi connectivity index (χ2n) is 13.9. The number of benzene rings is 4. The molecule has 1 fully saturated rings. The zero-order valence-corrected chi connectivity index (χ0v) is 31.3. The normalized spacial score (nSPS) is 18.8. The molecule has 55 heavy (non-hydrogen) atoms. The Morgan fingerprint density at radius 2 is 1.33 bits per heavy atom. The van der Waals surface area contributed by atoms with Gasteiger partial charge in [-0.1, -0.05) is 109 Å². The number of hydrogen-bond acceptors (Lipinski definition) is 11. The highest BCUT2D eigenvalue weighted by molar-refractivity contribution is 7.92. The van der Waals surface area contributed by atoms with Crippen molar-refractivity contribution in [2.75, 3.05) is 6.61 Å². The van der Waals surface area contributed by atoms with Crippen LogP contribution in [0.5, 0.6) is 0 Å². The first kappa shape index (κ1) is 38.8. The summed E-state index contributed by atoms with van der Waals surface area (Å²) in [5.41, 5.74) is -3.18. The molecule has 5 aromatic rings. The van der Waals surface area contributed by atoms with Gasteiger partial charge in [-0.3, -0.25) is 9.36 Å². The van der Waals surface area contributed by atoms with E-state index in [0.717, 1.165) is 6.20 Å². The first-order chi connectivity index (χ1) is 26.1. The summed E-state index contributed by atoms with van der Waals surface area (Å²) in [7, 11) is -4.88. The predicted octanol–water partition coefficient (Wildman–Crippen LogP) is 5.56. The molecular weight excluding hydrogens is 731 g/mol. The fourth-order valence-electron chi connectivity index (χ4n) is 6.71. The fourth-order valence-corrected chi connectivity index (χ4v) is 8.62. The second kappa shape index (κ2) is 15.1. The van der Waals surface area contributed by atoms with Gasteiger partial charge in [-0.05, 0) is 56.5 Å². The quantitative estimate of drug-likeness (QED) is 0.0935. The van der Waals surface area contributed by atoms with Gasteiger partial charge < -0.3 is 19.0 Å². The number of aromatic nitrogens is 2. The van der Waals surface area contributed by atoms with E-state index in [1.165, 1.54) is 52.0 Å². The Labute approximate surface area is 316 Å². The number of aryl methyl sites for hydroxylation is 1. The molecule has 0 spiro atoms. The van der Waals surface area contributed by atoms with Crippen molar-refractivity contribution in [3.8, 4) is 0 Å². The molecule has 0 unspecified atom stereocenters. The van der Waals surface area contributed by atoms with Crippen molar-refractivity contribution in [2.45, 2.75) is 67.5 Å². The molecular formula is C40H39N3O11S. The maximum atomic E-state index is 14.9. The van der Waals surface area contributed by atoms with Gasteiger partial charge in [0.25, 0.3) is 15.7 Å². The average molecular weight is 770 g/mol. The maximum absolute atomic E-state index is 14.9. The van der Waals surface area contributed by atoms with Crippen molar-refractivity contribution in [3.05, 3.63) is 181 Å². The van der Waals surface area contributed by atoms with Gasteiger partial charge in [-0.2, -0.15) is 4.57 Å². The molecule has 15 heteroatoms. The Hall–Kier alpha value is -5.90. The third kappa shape index (κ3) is 7.33. The fraction of sp³-hybridized carbons (Fsp3) is 0.275. The Morgan fingerprint density at radius 3 is 1.78 bits per heavy atom. The van der Waals surface area contributed by atoms with Gasteiger partial charge in [-0.25, -0.2) is 18.0 Å². The molecule has 0 aliphatic carbocycles. The molecule has 1 saturated heterocycles. The van der Waals surface area contributed by atoms with Gasteiger partial charge in [-0.15, -0.1) is 10.1 Å². The van der Waals surface area contributed by atoms with Crippen LogP contribution in [0.4, 0.5) is 4.79 Å². The molecule has 0 saturated carbocycles. The maximum Gasteiger partial charge on any atom is 0.425 e. The number of carbonyl (C=O) groups is 1. The van der Waals surface area contributed by atoms with E-state index in [1.807, 2.05) is 91.0 Å². The summed E-state index contributed by atoms with van der Waals surface area (Å²) in [5.74, 6) is 0. The largest absolute Gasteiger partial charge is 0.443 e. The van der Waals surface area contributed by atoms with Crippen LogP contribution >= 0.6 is 0 Å². The lowest BCUT2D eigenvalue weighted by molar-refractivity contribution is -0.769. The van der Waals surface area contributed by atoms with E-state index in [2.05, 4.69) is 0 Å². The van der Waals surface area contributed by atoms with Crippen molar-refractivity contribution in [2.24, 2.45) is 0 Å². The van der Waals surface area contributed by atoms with Crippen LogP contribution < -0.4 is 11.2 Å². The van der Waals surface area contributed by atoms with Crippen LogP contribution in [0, 0.1) is 17.0 Å². The molecule has 0 amide bonds. The molecule has 14 nitrogen and oxygen atoms in total. The molecule has 286 valence electrons. The van der Waals surface area contributed by atoms with E-state index in [1.54, 1.807) is 6.07 Å². The molecule has 3 atom stereocenters. The smallest absolute Gasteiger partial charge is 0.425 e. The zero-order valence-electron chi connectivity index (χ0n) is 30.4. The summed E-state index contributed by atoms with van der Waals surface area (Å²) in [6.45, 7) is 5.34. The number of nitrogens with zero attached hydrogens (tertiary/aromatic N) is 3. The molecule has 2 heterocycles. The summed E-state index contributed by atoms with van der Waals surface area (Å²) in [5, 5.41) is 8.15. The lowest BCUT2D eigenvalue weighted by atomic mass is 9.80. The number of carbonyl (C=O) groups excluding carboxylic acids is 1. The monoisotopic (exact) mass is 769 g/mol. The van der Waals surface area contributed by atoms with Gasteiger partial charge in [0.1, 0.15) is 23.4 Å². The first-order valence-electron chi connectivity index (χ1n) is 17.3. The minimum atomic E-state index is -4.88. The minimum Gasteiger partial charge on any atom is -0.443 e. The SMILES string of the molecule is Cc1cn([C@@]2(S(=O)(=O)c3ccccc3)C[C@H](O[N+](=O)[O-])[C@@H](COC(c3ccccc3)(c3ccccc3)c3ccccc3)O2)c(=O)n(C(=O)OC(C)(C)C)c1=O. The Morgan fingerprint density at radius 1 is 0.855 bits per heavy atom. The molecule has 1 aliphatic rings. The van der Waals surface area contributed by atoms with Crippen molar-refractivity contribution < 1.29 is 37.3 Å². The molecule has 1 aromatic heterocycles. The van der Waals surface area contributed by atoms with Crippen molar-refractivity contribution in [3.63, 3.8) is 0 Å². The van der Waals surface area contributed by atoms with Crippen molar-refractivity contribution in [1.29, 1.82) is 0 Å². The topological polar surface area (TPSA) is 175 Å². The van der Waals surface area contributed by atoms with E-state index >= 15 is 0 Å². The van der Waals surface area contributed by atoms with Crippen molar-refractivity contribution in [1.82, 2.24) is 9.13 Å². The van der Waals surface area contributed by atoms with E-state index in [4.69, 9.17) is 19.0 Å². The number of ether oxygens (including phenoxy) is 3. The van der Waals surface area contributed by atoms with Gasteiger partial charge in [0.05, 0.1) is 11.5 Å². The third-order valence-electron chi connectivity index (χ3n) is 9.11. The zero-order chi connectivity index (χ0) is 39.6. The lowest BCUT2D eigenvalue weighted by Gasteiger charge is -2.37. The number of sulfone groups is 1. The van der Waals surface area contributed by atoms with Crippen LogP contribution in [0.2, 0.25) is 0 Å². The van der Waals surface area contributed by atoms with Gasteiger partial charge in [0.2, 0.25) is 9.84 Å². The Kier molecular flexibility index (Phi) is 10.6. The summed E-state index contributed by atoms with van der Waals surface area (Å²) in [6, 6.07) is 34.6. The van der Waals surface area contributed by atoms with E-state index in [-0.39, 0.29) is 15.0 Å². The van der Waals surface area contributed by atoms with E-state index in [9.17, 15) is 32.9 Å². The molecule has 0 N–H and O–H groups in total. The third-order valence-corrected chi connectivity index (χ3v) is 11.3. The van der Waals surface area contributed by atoms with Gasteiger partial charge >= 0.3 is 11.8 Å². The van der Waals surface area contributed by atoms with Gasteiger partial charge in [0, 0.05) is 18.2 Å². The van der Waals surface area contributed by atoms with Crippen LogP contribution in [0.3, 0.4) is 0 Å². The average Bonchev–Trinajstić information content (AvgIpc) is 3.53. The predicted molar refractivity (Wildman–Crippen MR) is 199 cm³/mol. The van der Waals surface area contributed by atoms with E-state index < -0.39 is 73.8 Å². The highest BCUT2D eigenvalue weighted by atomic mass is 32.2. The highest BCUT2D eigenvalue weighted by Gasteiger charge is 2.60. The second-order valence-corrected chi connectivity index (χ2v) is 16.0. The van der Waals surface area contributed by atoms with Crippen LogP contribution in [-0.2, 0) is 39.5 Å². The van der Waals surface area contributed by atoms with Crippen LogP contribution in [0.15, 0.2) is 142 Å². The standard InChI is InChI=1S/C40H39N3O11S/c1-28-26-41(36(45)42(35(28)44)37(46)53-38(2,3)4)39(55(49,50)32-23-15-8-16-24-32)25-33(54-43(47)48)34(52-39)27-51-40(29-17-9-5-10-18-29,30-19-11-6-12-20-30)31-21-13-7-14-22-31/h5-24,26,33-34H,25,27H2,1-4H3/t33-,34+,39-/m0/s1. The van der Waals surface area contributed by atoms with Gasteiger partial charge in [0.15, 0.2) is 0 Å². The summed E-state index contributed by atoms with van der Waals surface area (Å²) in [4.78, 5) is 57.8.